The van der Waals surface area contributed by atoms with Crippen LogP contribution in [0.4, 0.5) is 26.3 Å². The number of nitrogens with zero attached hydrogens (tertiary/aromatic N) is 8. The predicted molar refractivity (Wildman–Crippen MR) is 210 cm³/mol. The van der Waals surface area contributed by atoms with E-state index in [4.69, 9.17) is 18.5 Å². The number of aliphatic imine (C=N–C) groups is 2. The Hall–Kier alpha value is -6.86. The highest BCUT2D eigenvalue weighted by molar-refractivity contribution is 6.03. The molecule has 0 spiro atoms. The van der Waals surface area contributed by atoms with Crippen molar-refractivity contribution >= 4 is 24.4 Å². The van der Waals surface area contributed by atoms with Crippen molar-refractivity contribution in [2.24, 2.45) is 9.98 Å². The SMILES string of the molecule is CCOC(=O)c1c(-c2cc(C(F)(F)F)cc3c2C=NC3)c(C)nn1Cc1cc(C)no1.CCOC(=O)c1nn(Cc2cc(C)no2)c(C)c1-c1cc(C(F)(F)F)cc2c1C=NC2. The van der Waals surface area contributed by atoms with E-state index in [-0.39, 0.29) is 73.0 Å². The number of alkyl halides is 6. The zero-order chi connectivity index (χ0) is 44.7. The second kappa shape index (κ2) is 16.9. The topological polar surface area (TPSA) is 165 Å². The average Bonchev–Trinajstić information content (AvgIpc) is 4.07. The Morgan fingerprint density at radius 3 is 1.61 bits per heavy atom. The Bertz CT molecular complexity index is 2680. The molecule has 0 unspecified atom stereocenters. The van der Waals surface area contributed by atoms with Crippen LogP contribution in [0.3, 0.4) is 0 Å². The van der Waals surface area contributed by atoms with Crippen LogP contribution in [-0.4, -0.2) is 67.5 Å². The Morgan fingerprint density at radius 2 is 1.15 bits per heavy atom. The minimum Gasteiger partial charge on any atom is -0.461 e. The standard InChI is InChI=1S/2C21H19F3N4O3/c1-4-30-20(29)19-18(12(3)28(26-19)10-15-5-11(2)27-31-15)16-7-14(21(22,23)24)6-13-8-25-9-17(13)16;1-4-30-20(29)19-18(12(3)26-28(19)10-15-5-11(2)27-31-15)16-7-14(21(22,23)24)6-13-8-25-9-17(13)16/h2*5-7,9H,4,8,10H2,1-3H3. The third-order valence-corrected chi connectivity index (χ3v) is 9.92. The first kappa shape index (κ1) is 43.2. The van der Waals surface area contributed by atoms with E-state index in [1.54, 1.807) is 53.7 Å². The van der Waals surface area contributed by atoms with E-state index in [0.717, 1.165) is 24.3 Å². The molecule has 0 bridgehead atoms. The number of halogens is 6. The Morgan fingerprint density at radius 1 is 0.661 bits per heavy atom. The van der Waals surface area contributed by atoms with Gasteiger partial charge in [0.25, 0.3) is 0 Å². The van der Waals surface area contributed by atoms with Crippen LogP contribution in [0.25, 0.3) is 22.3 Å². The first-order valence-corrected chi connectivity index (χ1v) is 19.2. The van der Waals surface area contributed by atoms with Gasteiger partial charge >= 0.3 is 24.3 Å². The lowest BCUT2D eigenvalue weighted by molar-refractivity contribution is -0.138. The summed E-state index contributed by atoms with van der Waals surface area (Å²) in [6.45, 7) is 10.9. The van der Waals surface area contributed by atoms with Crippen LogP contribution in [0, 0.1) is 27.7 Å². The van der Waals surface area contributed by atoms with Gasteiger partial charge in [0.1, 0.15) is 13.1 Å². The number of esters is 2. The van der Waals surface area contributed by atoms with Crippen LogP contribution in [0.2, 0.25) is 0 Å². The Labute approximate surface area is 349 Å². The highest BCUT2D eigenvalue weighted by atomic mass is 19.4. The zero-order valence-corrected chi connectivity index (χ0v) is 34.2. The van der Waals surface area contributed by atoms with Crippen LogP contribution < -0.4 is 0 Å². The van der Waals surface area contributed by atoms with Crippen molar-refractivity contribution < 1.29 is 54.5 Å². The molecule has 0 fully saturated rings. The molecule has 0 amide bonds. The van der Waals surface area contributed by atoms with Gasteiger partial charge in [-0.05, 0) is 88.1 Å². The predicted octanol–water partition coefficient (Wildman–Crippen LogP) is 8.66. The van der Waals surface area contributed by atoms with E-state index in [9.17, 15) is 35.9 Å². The summed E-state index contributed by atoms with van der Waals surface area (Å²) in [6.07, 6.45) is -6.04. The number of carbonyl (C=O) groups excluding carboxylic acids is 2. The summed E-state index contributed by atoms with van der Waals surface area (Å²) in [5.41, 5.74) is 3.62. The molecule has 0 saturated carbocycles. The molecule has 14 nitrogen and oxygen atoms in total. The molecule has 0 radical (unpaired) electrons. The maximum atomic E-state index is 13.6. The van der Waals surface area contributed by atoms with Crippen LogP contribution in [0.1, 0.15) is 103 Å². The van der Waals surface area contributed by atoms with E-state index in [1.807, 2.05) is 0 Å². The van der Waals surface area contributed by atoms with Gasteiger partial charge in [-0.15, -0.1) is 0 Å². The molecular formula is C42H38F6N8O6. The maximum absolute atomic E-state index is 13.6. The molecule has 4 aromatic heterocycles. The first-order chi connectivity index (χ1) is 29.4. The summed E-state index contributed by atoms with van der Waals surface area (Å²) in [5.74, 6) is -0.446. The number of rotatable bonds is 10. The monoisotopic (exact) mass is 864 g/mol. The van der Waals surface area contributed by atoms with Crippen LogP contribution >= 0.6 is 0 Å². The molecule has 6 aromatic rings. The fourth-order valence-electron chi connectivity index (χ4n) is 7.27. The Kier molecular flexibility index (Phi) is 11.8. The van der Waals surface area contributed by atoms with Crippen molar-refractivity contribution in [1.29, 1.82) is 0 Å². The van der Waals surface area contributed by atoms with Crippen molar-refractivity contribution in [2.45, 2.75) is 80.1 Å². The largest absolute Gasteiger partial charge is 0.461 e. The van der Waals surface area contributed by atoms with Gasteiger partial charge < -0.3 is 18.5 Å². The summed E-state index contributed by atoms with van der Waals surface area (Å²) in [7, 11) is 0. The average molecular weight is 865 g/mol. The molecule has 324 valence electrons. The summed E-state index contributed by atoms with van der Waals surface area (Å²) >= 11 is 0. The number of aryl methyl sites for hydroxylation is 3. The van der Waals surface area contributed by atoms with E-state index in [1.165, 1.54) is 21.8 Å². The Balaban J connectivity index is 0.000000186. The number of hydrogen-bond acceptors (Lipinski definition) is 12. The normalized spacial score (nSPS) is 13.0. The third-order valence-electron chi connectivity index (χ3n) is 9.92. The van der Waals surface area contributed by atoms with Crippen LogP contribution in [0.15, 0.2) is 55.4 Å². The molecule has 2 aromatic carbocycles. The number of fused-ring (bicyclic) bond motifs is 2. The van der Waals surface area contributed by atoms with E-state index in [2.05, 4.69) is 30.5 Å². The van der Waals surface area contributed by atoms with Gasteiger partial charge in [0, 0.05) is 52.5 Å². The minimum atomic E-state index is -4.54. The molecular weight excluding hydrogens is 826 g/mol. The second-order valence-corrected chi connectivity index (χ2v) is 14.4. The molecule has 6 heterocycles. The summed E-state index contributed by atoms with van der Waals surface area (Å²) in [4.78, 5) is 33.8. The summed E-state index contributed by atoms with van der Waals surface area (Å²) < 4.78 is 105. The fraction of sp³-hybridized carbons (Fsp3) is 0.333. The van der Waals surface area contributed by atoms with Gasteiger partial charge in [0.15, 0.2) is 22.9 Å². The summed E-state index contributed by atoms with van der Waals surface area (Å²) in [5, 5.41) is 16.4. The van der Waals surface area contributed by atoms with Gasteiger partial charge in [-0.2, -0.15) is 36.5 Å². The molecule has 20 heteroatoms. The van der Waals surface area contributed by atoms with Crippen LogP contribution in [0.5, 0.6) is 0 Å². The van der Waals surface area contributed by atoms with Crippen molar-refractivity contribution in [3.8, 4) is 22.3 Å². The molecule has 8 rings (SSSR count). The lowest BCUT2D eigenvalue weighted by Gasteiger charge is -2.14. The number of carbonyl (C=O) groups is 2. The molecule has 0 saturated heterocycles. The van der Waals surface area contributed by atoms with E-state index in [0.29, 0.717) is 56.6 Å². The van der Waals surface area contributed by atoms with E-state index >= 15 is 0 Å². The quantitative estimate of drug-likeness (QED) is 0.0961. The van der Waals surface area contributed by atoms with Crippen LogP contribution in [-0.2, 0) is 48.0 Å². The lowest BCUT2D eigenvalue weighted by atomic mass is 9.92. The molecule has 2 aliphatic heterocycles. The fourth-order valence-corrected chi connectivity index (χ4v) is 7.27. The smallest absolute Gasteiger partial charge is 0.416 e. The van der Waals surface area contributed by atoms with Crippen molar-refractivity contribution in [3.63, 3.8) is 0 Å². The first-order valence-electron chi connectivity index (χ1n) is 19.2. The maximum Gasteiger partial charge on any atom is 0.416 e. The highest BCUT2D eigenvalue weighted by Gasteiger charge is 2.36. The minimum absolute atomic E-state index is 0.0511. The van der Waals surface area contributed by atoms with Gasteiger partial charge in [0.2, 0.25) is 0 Å². The molecule has 62 heavy (non-hydrogen) atoms. The zero-order valence-electron chi connectivity index (χ0n) is 34.2. The molecule has 0 aliphatic carbocycles. The van der Waals surface area contributed by atoms with Crippen molar-refractivity contribution in [1.82, 2.24) is 29.9 Å². The second-order valence-electron chi connectivity index (χ2n) is 14.4. The number of ether oxygens (including phenoxy) is 2. The van der Waals surface area contributed by atoms with Crippen molar-refractivity contribution in [2.75, 3.05) is 13.2 Å². The van der Waals surface area contributed by atoms with Gasteiger partial charge in [-0.3, -0.25) is 14.7 Å². The van der Waals surface area contributed by atoms with Gasteiger partial charge in [-0.25, -0.2) is 14.3 Å². The van der Waals surface area contributed by atoms with Gasteiger partial charge in [0.05, 0.1) is 54.5 Å². The number of benzene rings is 2. The number of hydrogen-bond donors (Lipinski definition) is 0. The number of aromatic nitrogens is 6. The molecule has 2 aliphatic rings. The molecule has 0 atom stereocenters. The van der Waals surface area contributed by atoms with Gasteiger partial charge in [-0.1, -0.05) is 10.3 Å². The third kappa shape index (κ3) is 8.66. The van der Waals surface area contributed by atoms with E-state index < -0.39 is 35.4 Å². The van der Waals surface area contributed by atoms with Crippen molar-refractivity contribution in [3.05, 3.63) is 115 Å². The lowest BCUT2D eigenvalue weighted by Crippen LogP contribution is -2.15. The highest BCUT2D eigenvalue weighted by Crippen LogP contribution is 2.41. The molecule has 0 N–H and O–H groups in total. The summed E-state index contributed by atoms with van der Waals surface area (Å²) in [6, 6.07) is 7.66.